The summed E-state index contributed by atoms with van der Waals surface area (Å²) in [6.07, 6.45) is 4.06. The van der Waals surface area contributed by atoms with E-state index in [1.54, 1.807) is 10.8 Å². The first-order valence-electron chi connectivity index (χ1n) is 12.6. The number of aryl methyl sites for hydroxylation is 1. The molecule has 184 valence electrons. The zero-order valence-electron chi connectivity index (χ0n) is 20.6. The van der Waals surface area contributed by atoms with Crippen LogP contribution in [0.2, 0.25) is 0 Å². The Morgan fingerprint density at radius 1 is 0.944 bits per heavy atom. The fourth-order valence-corrected chi connectivity index (χ4v) is 4.76. The number of nitrogens with zero attached hydrogens (tertiary/aromatic N) is 4. The Labute approximate surface area is 210 Å². The number of nitrogens with one attached hydrogen (secondary N) is 1. The van der Waals surface area contributed by atoms with E-state index in [9.17, 15) is 9.59 Å². The largest absolute Gasteiger partial charge is 0.352 e. The molecule has 0 atom stereocenters. The van der Waals surface area contributed by atoms with Crippen molar-refractivity contribution in [2.24, 2.45) is 5.92 Å². The Morgan fingerprint density at radius 3 is 2.39 bits per heavy atom. The molecule has 2 aromatic carbocycles. The van der Waals surface area contributed by atoms with Crippen LogP contribution in [-0.4, -0.2) is 33.5 Å². The molecular weight excluding hydrogens is 450 g/mol. The predicted octanol–water partition coefficient (Wildman–Crippen LogP) is 3.94. The number of rotatable bonds is 7. The van der Waals surface area contributed by atoms with E-state index in [2.05, 4.69) is 41.5 Å². The molecule has 0 aliphatic carbocycles. The van der Waals surface area contributed by atoms with Gasteiger partial charge in [-0.3, -0.25) is 14.2 Å². The summed E-state index contributed by atoms with van der Waals surface area (Å²) in [6.45, 7) is 4.32. The van der Waals surface area contributed by atoms with Crippen LogP contribution in [-0.2, 0) is 24.3 Å². The monoisotopic (exact) mass is 481 g/mol. The van der Waals surface area contributed by atoms with Gasteiger partial charge in [0.25, 0.3) is 5.56 Å². The summed E-state index contributed by atoms with van der Waals surface area (Å²) in [5, 5.41) is 3.09. The zero-order chi connectivity index (χ0) is 24.9. The van der Waals surface area contributed by atoms with Crippen LogP contribution in [0.4, 0.5) is 5.82 Å². The number of fused-ring (bicyclic) bond motifs is 1. The molecule has 1 amide bonds. The average Bonchev–Trinajstić information content (AvgIpc) is 2.94. The fourth-order valence-electron chi connectivity index (χ4n) is 4.76. The van der Waals surface area contributed by atoms with Crippen molar-refractivity contribution in [2.75, 3.05) is 18.0 Å². The van der Waals surface area contributed by atoms with E-state index >= 15 is 0 Å². The van der Waals surface area contributed by atoms with E-state index in [1.165, 1.54) is 5.56 Å². The van der Waals surface area contributed by atoms with Crippen LogP contribution in [0.5, 0.6) is 0 Å². The lowest BCUT2D eigenvalue weighted by atomic mass is 9.96. The molecule has 7 nitrogen and oxygen atoms in total. The molecule has 1 saturated heterocycles. The van der Waals surface area contributed by atoms with E-state index in [4.69, 9.17) is 4.98 Å². The van der Waals surface area contributed by atoms with E-state index in [0.29, 0.717) is 56.0 Å². The van der Waals surface area contributed by atoms with Gasteiger partial charge in [-0.15, -0.1) is 0 Å². The lowest BCUT2D eigenvalue weighted by Crippen LogP contribution is -2.43. The first kappa shape index (κ1) is 23.7. The summed E-state index contributed by atoms with van der Waals surface area (Å²) in [5.74, 6) is 0.442. The number of hydrogen-bond acceptors (Lipinski definition) is 5. The van der Waals surface area contributed by atoms with Crippen LogP contribution in [0.3, 0.4) is 0 Å². The van der Waals surface area contributed by atoms with E-state index in [1.807, 2.05) is 47.4 Å². The van der Waals surface area contributed by atoms with Crippen molar-refractivity contribution in [1.82, 2.24) is 19.9 Å². The van der Waals surface area contributed by atoms with Gasteiger partial charge in [-0.05, 0) is 48.1 Å². The molecule has 0 saturated carbocycles. The molecule has 36 heavy (non-hydrogen) atoms. The van der Waals surface area contributed by atoms with Gasteiger partial charge in [0.15, 0.2) is 11.5 Å². The third-order valence-electron chi connectivity index (χ3n) is 6.93. The zero-order valence-corrected chi connectivity index (χ0v) is 20.6. The summed E-state index contributed by atoms with van der Waals surface area (Å²) in [4.78, 5) is 37.5. The number of benzene rings is 2. The minimum Gasteiger partial charge on any atom is -0.352 e. The SMILES string of the molecule is CCc1ccc(CNC(=O)C2CCN(c3nc4cccnc4n(Cc4ccccc4)c3=O)CC2)cc1. The van der Waals surface area contributed by atoms with Crippen molar-refractivity contribution < 1.29 is 4.79 Å². The summed E-state index contributed by atoms with van der Waals surface area (Å²) < 4.78 is 1.70. The smallest absolute Gasteiger partial charge is 0.295 e. The van der Waals surface area contributed by atoms with E-state index < -0.39 is 0 Å². The van der Waals surface area contributed by atoms with E-state index in [0.717, 1.165) is 17.5 Å². The lowest BCUT2D eigenvalue weighted by molar-refractivity contribution is -0.125. The van der Waals surface area contributed by atoms with Crippen molar-refractivity contribution in [2.45, 2.75) is 39.3 Å². The number of carbonyl (C=O) groups excluding carboxylic acids is 1. The lowest BCUT2D eigenvalue weighted by Gasteiger charge is -2.32. The second kappa shape index (κ2) is 10.7. The van der Waals surface area contributed by atoms with Gasteiger partial charge >= 0.3 is 0 Å². The van der Waals surface area contributed by atoms with Crippen molar-refractivity contribution in [3.05, 3.63) is 100.0 Å². The maximum atomic E-state index is 13.5. The molecule has 1 fully saturated rings. The Kier molecular flexibility index (Phi) is 7.07. The van der Waals surface area contributed by atoms with Crippen LogP contribution in [0, 0.1) is 5.92 Å². The van der Waals surface area contributed by atoms with Crippen LogP contribution >= 0.6 is 0 Å². The molecular formula is C29H31N5O2. The van der Waals surface area contributed by atoms with Gasteiger partial charge in [-0.1, -0.05) is 61.5 Å². The van der Waals surface area contributed by atoms with Crippen molar-refractivity contribution in [3.8, 4) is 0 Å². The molecule has 3 heterocycles. The molecule has 7 heteroatoms. The maximum Gasteiger partial charge on any atom is 0.295 e. The number of amides is 1. The van der Waals surface area contributed by atoms with Crippen LogP contribution in [0.15, 0.2) is 77.7 Å². The standard InChI is InChI=1S/C29H31N5O2/c1-2-21-10-12-22(13-11-21)19-31-28(35)24-14-17-33(18-15-24)27-29(36)34(20-23-7-4-3-5-8-23)26-25(32-27)9-6-16-30-26/h3-13,16,24H,2,14-15,17-20H2,1H3,(H,31,35). The number of hydrogen-bond donors (Lipinski definition) is 1. The highest BCUT2D eigenvalue weighted by molar-refractivity contribution is 5.79. The summed E-state index contributed by atoms with van der Waals surface area (Å²) in [7, 11) is 0. The molecule has 5 rings (SSSR count). The molecule has 0 radical (unpaired) electrons. The third kappa shape index (κ3) is 5.15. The van der Waals surface area contributed by atoms with Crippen molar-refractivity contribution in [1.29, 1.82) is 0 Å². The Balaban J connectivity index is 1.28. The number of aromatic nitrogens is 3. The minimum atomic E-state index is -0.150. The predicted molar refractivity (Wildman–Crippen MR) is 142 cm³/mol. The Morgan fingerprint density at radius 2 is 1.67 bits per heavy atom. The number of pyridine rings is 1. The second-order valence-corrected chi connectivity index (χ2v) is 9.31. The Bertz CT molecular complexity index is 1390. The first-order valence-corrected chi connectivity index (χ1v) is 12.6. The quantitative estimate of drug-likeness (QED) is 0.433. The molecule has 1 N–H and O–H groups in total. The van der Waals surface area contributed by atoms with Crippen LogP contribution in [0.1, 0.15) is 36.5 Å². The third-order valence-corrected chi connectivity index (χ3v) is 6.93. The minimum absolute atomic E-state index is 0.0650. The number of piperidine rings is 1. The molecule has 0 spiro atoms. The summed E-state index contributed by atoms with van der Waals surface area (Å²) in [6, 6.07) is 22.0. The molecule has 4 aromatic rings. The van der Waals surface area contributed by atoms with E-state index in [-0.39, 0.29) is 17.4 Å². The van der Waals surface area contributed by atoms with Gasteiger partial charge in [-0.2, -0.15) is 0 Å². The Hall–Kier alpha value is -4.00. The highest BCUT2D eigenvalue weighted by Gasteiger charge is 2.27. The average molecular weight is 482 g/mol. The normalized spacial score (nSPS) is 14.2. The van der Waals surface area contributed by atoms with Gasteiger partial charge in [-0.25, -0.2) is 9.97 Å². The molecule has 0 bridgehead atoms. The molecule has 1 aliphatic rings. The van der Waals surface area contributed by atoms with Crippen molar-refractivity contribution in [3.63, 3.8) is 0 Å². The first-order chi connectivity index (χ1) is 17.6. The molecule has 2 aromatic heterocycles. The van der Waals surface area contributed by atoms with Crippen molar-refractivity contribution >= 4 is 22.9 Å². The van der Waals surface area contributed by atoms with Gasteiger partial charge < -0.3 is 10.2 Å². The summed E-state index contributed by atoms with van der Waals surface area (Å²) in [5.41, 5.74) is 4.55. The van der Waals surface area contributed by atoms with Crippen LogP contribution < -0.4 is 15.8 Å². The van der Waals surface area contributed by atoms with Gasteiger partial charge in [0, 0.05) is 31.7 Å². The summed E-state index contributed by atoms with van der Waals surface area (Å²) >= 11 is 0. The van der Waals surface area contributed by atoms with Gasteiger partial charge in [0.2, 0.25) is 5.91 Å². The fraction of sp³-hybridized carbons (Fsp3) is 0.310. The van der Waals surface area contributed by atoms with Gasteiger partial charge in [0.1, 0.15) is 5.52 Å². The molecule has 0 unspecified atom stereocenters. The molecule has 1 aliphatic heterocycles. The highest BCUT2D eigenvalue weighted by Crippen LogP contribution is 2.22. The van der Waals surface area contributed by atoms with Crippen LogP contribution in [0.25, 0.3) is 11.2 Å². The highest BCUT2D eigenvalue weighted by atomic mass is 16.2. The number of anilines is 1. The topological polar surface area (TPSA) is 80.1 Å². The maximum absolute atomic E-state index is 13.5. The number of carbonyl (C=O) groups is 1. The second-order valence-electron chi connectivity index (χ2n) is 9.31. The van der Waals surface area contributed by atoms with Gasteiger partial charge in [0.05, 0.1) is 6.54 Å².